The Hall–Kier alpha value is -1.20. The second-order valence-electron chi connectivity index (χ2n) is 5.81. The van der Waals surface area contributed by atoms with Gasteiger partial charge in [0.05, 0.1) is 0 Å². The fourth-order valence-electron chi connectivity index (χ4n) is 3.19. The number of hydrogen-bond donors (Lipinski definition) is 1. The van der Waals surface area contributed by atoms with Gasteiger partial charge in [0, 0.05) is 44.6 Å². The molecule has 110 valence electrons. The molecule has 0 aliphatic carbocycles. The molecule has 1 atom stereocenters. The van der Waals surface area contributed by atoms with E-state index >= 15 is 0 Å². The maximum atomic E-state index is 4.33. The van der Waals surface area contributed by atoms with Crippen LogP contribution in [0.3, 0.4) is 0 Å². The summed E-state index contributed by atoms with van der Waals surface area (Å²) in [4.78, 5) is 13.5. The van der Waals surface area contributed by atoms with E-state index in [0.717, 1.165) is 38.2 Å². The van der Waals surface area contributed by atoms with Gasteiger partial charge in [-0.15, -0.1) is 0 Å². The molecule has 20 heavy (non-hydrogen) atoms. The topological polar surface area (TPSA) is 44.3 Å². The number of aromatic nitrogens is 2. The Balaban J connectivity index is 1.36. The van der Waals surface area contributed by atoms with Gasteiger partial charge in [-0.2, -0.15) is 0 Å². The Bertz CT molecular complexity index is 383. The second kappa shape index (κ2) is 6.99. The molecule has 1 N–H and O–H groups in total. The summed E-state index contributed by atoms with van der Waals surface area (Å²) in [7, 11) is 0. The third-order valence-corrected chi connectivity index (χ3v) is 4.40. The van der Waals surface area contributed by atoms with E-state index < -0.39 is 0 Å². The van der Waals surface area contributed by atoms with Crippen molar-refractivity contribution in [2.75, 3.05) is 44.2 Å². The van der Waals surface area contributed by atoms with Crippen LogP contribution in [-0.2, 0) is 0 Å². The van der Waals surface area contributed by atoms with Crippen LogP contribution in [0.4, 0.5) is 5.95 Å². The van der Waals surface area contributed by atoms with Crippen molar-refractivity contribution in [3.8, 4) is 0 Å². The summed E-state index contributed by atoms with van der Waals surface area (Å²) in [6.07, 6.45) is 9.04. The molecular weight excluding hydrogens is 250 g/mol. The molecule has 0 bridgehead atoms. The number of nitrogens with one attached hydrogen (secondary N) is 1. The fourth-order valence-corrected chi connectivity index (χ4v) is 3.19. The molecule has 2 aliphatic rings. The highest BCUT2D eigenvalue weighted by Crippen LogP contribution is 2.13. The summed E-state index contributed by atoms with van der Waals surface area (Å²) in [6, 6.07) is 2.66. The molecular formula is C15H25N5. The Morgan fingerprint density at radius 1 is 1.15 bits per heavy atom. The number of piperazine rings is 1. The smallest absolute Gasteiger partial charge is 0.225 e. The van der Waals surface area contributed by atoms with Crippen LogP contribution in [0, 0.1) is 0 Å². The molecule has 2 aliphatic heterocycles. The van der Waals surface area contributed by atoms with Crippen molar-refractivity contribution in [3.05, 3.63) is 18.5 Å². The van der Waals surface area contributed by atoms with Crippen molar-refractivity contribution < 1.29 is 0 Å². The molecule has 0 aromatic carbocycles. The van der Waals surface area contributed by atoms with Gasteiger partial charge < -0.3 is 10.2 Å². The largest absolute Gasteiger partial charge is 0.338 e. The zero-order valence-corrected chi connectivity index (χ0v) is 12.2. The highest BCUT2D eigenvalue weighted by Gasteiger charge is 2.19. The summed E-state index contributed by atoms with van der Waals surface area (Å²) in [5, 5.41) is 3.58. The second-order valence-corrected chi connectivity index (χ2v) is 5.81. The first-order valence-corrected chi connectivity index (χ1v) is 7.89. The highest BCUT2D eigenvalue weighted by atomic mass is 15.3. The monoisotopic (exact) mass is 275 g/mol. The molecule has 3 heterocycles. The number of anilines is 1. The molecule has 5 heteroatoms. The predicted molar refractivity (Wildman–Crippen MR) is 80.9 cm³/mol. The van der Waals surface area contributed by atoms with E-state index in [9.17, 15) is 0 Å². The predicted octanol–water partition coefficient (Wildman–Crippen LogP) is 1.13. The van der Waals surface area contributed by atoms with Crippen LogP contribution in [0.15, 0.2) is 18.5 Å². The van der Waals surface area contributed by atoms with Crippen LogP contribution in [0.1, 0.15) is 25.7 Å². The molecule has 2 saturated heterocycles. The maximum Gasteiger partial charge on any atom is 0.225 e. The van der Waals surface area contributed by atoms with Crippen LogP contribution in [0.25, 0.3) is 0 Å². The minimum atomic E-state index is 0.786. The van der Waals surface area contributed by atoms with Gasteiger partial charge in [0.1, 0.15) is 0 Å². The van der Waals surface area contributed by atoms with Crippen LogP contribution in [0.2, 0.25) is 0 Å². The first kappa shape index (κ1) is 13.8. The lowest BCUT2D eigenvalue weighted by Gasteiger charge is -2.34. The van der Waals surface area contributed by atoms with Gasteiger partial charge in [-0.05, 0) is 44.8 Å². The van der Waals surface area contributed by atoms with E-state index in [1.807, 2.05) is 18.5 Å². The van der Waals surface area contributed by atoms with Crippen molar-refractivity contribution in [2.24, 2.45) is 0 Å². The molecule has 0 radical (unpaired) electrons. The van der Waals surface area contributed by atoms with Gasteiger partial charge in [-0.25, -0.2) is 9.97 Å². The first-order valence-electron chi connectivity index (χ1n) is 7.89. The third-order valence-electron chi connectivity index (χ3n) is 4.40. The zero-order valence-electron chi connectivity index (χ0n) is 12.2. The Morgan fingerprint density at radius 3 is 2.65 bits per heavy atom. The van der Waals surface area contributed by atoms with Crippen molar-refractivity contribution in [1.82, 2.24) is 20.2 Å². The molecule has 2 fully saturated rings. The lowest BCUT2D eigenvalue weighted by molar-refractivity contribution is 0.248. The minimum absolute atomic E-state index is 0.786. The van der Waals surface area contributed by atoms with Gasteiger partial charge in [-0.1, -0.05) is 0 Å². The van der Waals surface area contributed by atoms with Crippen molar-refractivity contribution in [1.29, 1.82) is 0 Å². The summed E-state index contributed by atoms with van der Waals surface area (Å²) < 4.78 is 0. The summed E-state index contributed by atoms with van der Waals surface area (Å²) in [5.41, 5.74) is 0. The van der Waals surface area contributed by atoms with Crippen molar-refractivity contribution in [2.45, 2.75) is 31.7 Å². The summed E-state index contributed by atoms with van der Waals surface area (Å²) >= 11 is 0. The molecule has 1 aromatic rings. The zero-order chi connectivity index (χ0) is 13.6. The standard InChI is InChI=1S/C15H25N5/c1-4-14(16-6-1)5-2-9-19-10-12-20(13-11-19)15-17-7-3-8-18-15/h3,7-8,14,16H,1-2,4-6,9-13H2. The average molecular weight is 275 g/mol. The quantitative estimate of drug-likeness (QED) is 0.873. The number of nitrogens with zero attached hydrogens (tertiary/aromatic N) is 4. The minimum Gasteiger partial charge on any atom is -0.338 e. The van der Waals surface area contributed by atoms with Gasteiger partial charge in [0.2, 0.25) is 5.95 Å². The lowest BCUT2D eigenvalue weighted by atomic mass is 10.1. The Labute approximate surface area is 121 Å². The lowest BCUT2D eigenvalue weighted by Crippen LogP contribution is -2.47. The fraction of sp³-hybridized carbons (Fsp3) is 0.733. The molecule has 1 aromatic heterocycles. The van der Waals surface area contributed by atoms with Crippen molar-refractivity contribution in [3.63, 3.8) is 0 Å². The molecule has 0 saturated carbocycles. The van der Waals surface area contributed by atoms with Crippen LogP contribution < -0.4 is 10.2 Å². The molecule has 0 amide bonds. The normalized spacial score (nSPS) is 24.2. The molecule has 3 rings (SSSR count). The van der Waals surface area contributed by atoms with Gasteiger partial charge >= 0.3 is 0 Å². The maximum absolute atomic E-state index is 4.33. The Morgan fingerprint density at radius 2 is 1.95 bits per heavy atom. The van der Waals surface area contributed by atoms with Gasteiger partial charge in [-0.3, -0.25) is 4.90 Å². The molecule has 1 unspecified atom stereocenters. The van der Waals surface area contributed by atoms with E-state index in [0.29, 0.717) is 0 Å². The van der Waals surface area contributed by atoms with Gasteiger partial charge in [0.25, 0.3) is 0 Å². The van der Waals surface area contributed by atoms with E-state index in [4.69, 9.17) is 0 Å². The van der Waals surface area contributed by atoms with Crippen LogP contribution >= 0.6 is 0 Å². The third kappa shape index (κ3) is 3.67. The van der Waals surface area contributed by atoms with Crippen LogP contribution in [0.5, 0.6) is 0 Å². The molecule has 0 spiro atoms. The van der Waals surface area contributed by atoms with E-state index in [2.05, 4.69) is 25.1 Å². The van der Waals surface area contributed by atoms with Gasteiger partial charge in [0.15, 0.2) is 0 Å². The first-order chi connectivity index (χ1) is 9.92. The van der Waals surface area contributed by atoms with Crippen molar-refractivity contribution >= 4 is 5.95 Å². The Kier molecular flexibility index (Phi) is 4.82. The van der Waals surface area contributed by atoms with Crippen LogP contribution in [-0.4, -0.2) is 60.2 Å². The van der Waals surface area contributed by atoms with E-state index in [-0.39, 0.29) is 0 Å². The molecule has 5 nitrogen and oxygen atoms in total. The van der Waals surface area contributed by atoms with E-state index in [1.165, 1.54) is 38.8 Å². The summed E-state index contributed by atoms with van der Waals surface area (Å²) in [5.74, 6) is 0.877. The number of hydrogen-bond acceptors (Lipinski definition) is 5. The highest BCUT2D eigenvalue weighted by molar-refractivity contribution is 5.29. The van der Waals surface area contributed by atoms with E-state index in [1.54, 1.807) is 0 Å². The summed E-state index contributed by atoms with van der Waals surface area (Å²) in [6.45, 7) is 6.83. The SMILES string of the molecule is c1cnc(N2CCN(CCCC3CCCN3)CC2)nc1. The number of rotatable bonds is 5. The average Bonchev–Trinajstić information content (AvgIpc) is 3.02.